The van der Waals surface area contributed by atoms with Crippen LogP contribution in [0.15, 0.2) is 30.5 Å². The smallest absolute Gasteiger partial charge is 0.433 e. The molecule has 0 atom stereocenters. The fourth-order valence-electron chi connectivity index (χ4n) is 2.51. The second-order valence-electron chi connectivity index (χ2n) is 5.34. The Kier molecular flexibility index (Phi) is 4.36. The van der Waals surface area contributed by atoms with E-state index in [0.29, 0.717) is 11.3 Å². The highest BCUT2D eigenvalue weighted by Gasteiger charge is 2.39. The molecule has 0 aliphatic carbocycles. The lowest BCUT2D eigenvalue weighted by molar-refractivity contribution is -0.384. The Morgan fingerprint density at radius 2 is 1.92 bits per heavy atom. The monoisotopic (exact) mass is 367 g/mol. The molecular formula is C15H12F3N5O3. The maximum Gasteiger partial charge on any atom is 0.433 e. The number of benzene rings is 1. The number of nitro groups is 1. The summed E-state index contributed by atoms with van der Waals surface area (Å²) in [5, 5.41) is 22.8. The van der Waals surface area contributed by atoms with Crippen molar-refractivity contribution in [2.24, 2.45) is 0 Å². The third-order valence-electron chi connectivity index (χ3n) is 3.71. The van der Waals surface area contributed by atoms with Gasteiger partial charge in [0, 0.05) is 6.42 Å². The molecule has 3 aromatic rings. The zero-order valence-corrected chi connectivity index (χ0v) is 13.3. The van der Waals surface area contributed by atoms with E-state index in [0.717, 1.165) is 6.20 Å². The molecule has 0 spiro atoms. The first kappa shape index (κ1) is 17.5. The van der Waals surface area contributed by atoms with Crippen LogP contribution in [0.3, 0.4) is 0 Å². The van der Waals surface area contributed by atoms with Crippen molar-refractivity contribution in [2.45, 2.75) is 12.6 Å². The average Bonchev–Trinajstić information content (AvgIpc) is 3.21. The number of ether oxygens (including phenoxy) is 1. The molecule has 8 nitrogen and oxygen atoms in total. The zero-order chi connectivity index (χ0) is 18.9. The minimum absolute atomic E-state index is 0.0875. The molecule has 0 saturated carbocycles. The lowest BCUT2D eigenvalue weighted by Crippen LogP contribution is -2.07. The minimum atomic E-state index is -4.74. The standard InChI is InChI=1S/C15H12F3N5O3/c1-26-9-4-2-8(3-5-9)6-11-13(23(24)25)12(21-20-11)10-7-19-22-14(10)15(16,17)18/h2-5,7H,6H2,1H3,(H,19,22)(H,20,21). The summed E-state index contributed by atoms with van der Waals surface area (Å²) in [5.41, 5.74) is -1.83. The van der Waals surface area contributed by atoms with Crippen LogP contribution < -0.4 is 4.74 Å². The number of methoxy groups -OCH3 is 1. The van der Waals surface area contributed by atoms with Gasteiger partial charge in [-0.25, -0.2) is 0 Å². The van der Waals surface area contributed by atoms with Crippen LogP contribution in [0.25, 0.3) is 11.3 Å². The van der Waals surface area contributed by atoms with Crippen molar-refractivity contribution in [3.05, 3.63) is 57.5 Å². The summed E-state index contributed by atoms with van der Waals surface area (Å²) in [6.07, 6.45) is -3.79. The molecular weight excluding hydrogens is 355 g/mol. The highest BCUT2D eigenvalue weighted by Crippen LogP contribution is 2.39. The van der Waals surface area contributed by atoms with Gasteiger partial charge in [-0.3, -0.25) is 20.3 Å². The third kappa shape index (κ3) is 3.23. The van der Waals surface area contributed by atoms with Gasteiger partial charge in [-0.15, -0.1) is 0 Å². The normalized spacial score (nSPS) is 11.5. The van der Waals surface area contributed by atoms with Crippen LogP contribution in [-0.2, 0) is 12.6 Å². The van der Waals surface area contributed by atoms with Crippen molar-refractivity contribution >= 4 is 5.69 Å². The Morgan fingerprint density at radius 3 is 2.50 bits per heavy atom. The second-order valence-corrected chi connectivity index (χ2v) is 5.34. The summed E-state index contributed by atoms with van der Waals surface area (Å²) >= 11 is 0. The van der Waals surface area contributed by atoms with E-state index in [1.165, 1.54) is 7.11 Å². The summed E-state index contributed by atoms with van der Waals surface area (Å²) in [6, 6.07) is 6.75. The Balaban J connectivity index is 2.02. The number of H-pyrrole nitrogens is 2. The molecule has 0 bridgehead atoms. The lowest BCUT2D eigenvalue weighted by atomic mass is 10.1. The van der Waals surface area contributed by atoms with Crippen LogP contribution in [0.1, 0.15) is 17.0 Å². The number of rotatable bonds is 5. The van der Waals surface area contributed by atoms with E-state index in [2.05, 4.69) is 15.3 Å². The van der Waals surface area contributed by atoms with Crippen molar-refractivity contribution in [3.63, 3.8) is 0 Å². The molecule has 2 heterocycles. The molecule has 11 heteroatoms. The van der Waals surface area contributed by atoms with E-state index in [9.17, 15) is 23.3 Å². The lowest BCUT2D eigenvalue weighted by Gasteiger charge is -2.05. The maximum atomic E-state index is 13.0. The van der Waals surface area contributed by atoms with Gasteiger partial charge in [0.25, 0.3) is 0 Å². The highest BCUT2D eigenvalue weighted by atomic mass is 19.4. The molecule has 0 unspecified atom stereocenters. The third-order valence-corrected chi connectivity index (χ3v) is 3.71. The van der Waals surface area contributed by atoms with Crippen molar-refractivity contribution in [1.29, 1.82) is 0 Å². The highest BCUT2D eigenvalue weighted by molar-refractivity contribution is 5.73. The van der Waals surface area contributed by atoms with Crippen LogP contribution in [0, 0.1) is 10.1 Å². The summed E-state index contributed by atoms with van der Waals surface area (Å²) in [6.45, 7) is 0. The molecule has 0 amide bonds. The quantitative estimate of drug-likeness (QED) is 0.531. The fourth-order valence-corrected chi connectivity index (χ4v) is 2.51. The summed E-state index contributed by atoms with van der Waals surface area (Å²) in [5.74, 6) is 0.613. The van der Waals surface area contributed by atoms with Crippen molar-refractivity contribution in [3.8, 4) is 17.0 Å². The van der Waals surface area contributed by atoms with Crippen LogP contribution in [0.4, 0.5) is 18.9 Å². The SMILES string of the molecule is COc1ccc(Cc2[nH]nc(-c3cn[nH]c3C(F)(F)F)c2[N+](=O)[O-])cc1. The van der Waals surface area contributed by atoms with Gasteiger partial charge in [-0.05, 0) is 17.7 Å². The molecule has 2 N–H and O–H groups in total. The first-order chi connectivity index (χ1) is 12.3. The molecule has 0 aliphatic heterocycles. The van der Waals surface area contributed by atoms with Gasteiger partial charge in [0.2, 0.25) is 0 Å². The number of aromatic amines is 2. The van der Waals surface area contributed by atoms with Crippen LogP contribution in [-0.4, -0.2) is 32.4 Å². The van der Waals surface area contributed by atoms with Crippen LogP contribution in [0.5, 0.6) is 5.75 Å². The van der Waals surface area contributed by atoms with Gasteiger partial charge in [0.05, 0.1) is 23.8 Å². The van der Waals surface area contributed by atoms with Gasteiger partial charge < -0.3 is 4.74 Å². The van der Waals surface area contributed by atoms with E-state index in [1.54, 1.807) is 24.3 Å². The number of halogens is 3. The van der Waals surface area contributed by atoms with Crippen molar-refractivity contribution in [1.82, 2.24) is 20.4 Å². The Labute approximate surface area is 144 Å². The Morgan fingerprint density at radius 1 is 1.23 bits per heavy atom. The zero-order valence-electron chi connectivity index (χ0n) is 13.3. The molecule has 2 aromatic heterocycles. The topological polar surface area (TPSA) is 110 Å². The molecule has 1 aromatic carbocycles. The number of nitrogens with one attached hydrogen (secondary N) is 2. The van der Waals surface area contributed by atoms with Gasteiger partial charge >= 0.3 is 11.9 Å². The number of alkyl halides is 3. The Hall–Kier alpha value is -3.37. The van der Waals surface area contributed by atoms with E-state index in [-0.39, 0.29) is 12.1 Å². The molecule has 26 heavy (non-hydrogen) atoms. The van der Waals surface area contributed by atoms with Crippen molar-refractivity contribution in [2.75, 3.05) is 7.11 Å². The van der Waals surface area contributed by atoms with Gasteiger partial charge in [0.1, 0.15) is 17.1 Å². The molecule has 0 radical (unpaired) electrons. The largest absolute Gasteiger partial charge is 0.497 e. The van der Waals surface area contributed by atoms with E-state index in [1.807, 2.05) is 5.10 Å². The first-order valence-electron chi connectivity index (χ1n) is 7.26. The summed E-state index contributed by atoms with van der Waals surface area (Å²) in [4.78, 5) is 10.7. The van der Waals surface area contributed by atoms with Gasteiger partial charge in [-0.2, -0.15) is 23.4 Å². The number of aromatic nitrogens is 4. The van der Waals surface area contributed by atoms with Crippen LogP contribution in [0.2, 0.25) is 0 Å². The maximum absolute atomic E-state index is 13.0. The molecule has 136 valence electrons. The second kappa shape index (κ2) is 6.50. The Bertz CT molecular complexity index is 931. The predicted molar refractivity (Wildman–Crippen MR) is 83.6 cm³/mol. The fraction of sp³-hybridized carbons (Fsp3) is 0.200. The van der Waals surface area contributed by atoms with E-state index < -0.39 is 33.7 Å². The number of hydrogen-bond acceptors (Lipinski definition) is 5. The first-order valence-corrected chi connectivity index (χ1v) is 7.26. The number of hydrogen-bond donors (Lipinski definition) is 2. The minimum Gasteiger partial charge on any atom is -0.497 e. The summed E-state index contributed by atoms with van der Waals surface area (Å²) < 4.78 is 44.1. The molecule has 0 aliphatic rings. The van der Waals surface area contributed by atoms with E-state index in [4.69, 9.17) is 4.74 Å². The molecule has 3 rings (SSSR count). The van der Waals surface area contributed by atoms with Crippen molar-refractivity contribution < 1.29 is 22.8 Å². The van der Waals surface area contributed by atoms with E-state index >= 15 is 0 Å². The summed E-state index contributed by atoms with van der Waals surface area (Å²) in [7, 11) is 1.50. The van der Waals surface area contributed by atoms with Crippen LogP contribution >= 0.6 is 0 Å². The average molecular weight is 367 g/mol. The molecule has 0 saturated heterocycles. The van der Waals surface area contributed by atoms with Gasteiger partial charge in [0.15, 0.2) is 5.69 Å². The predicted octanol–water partition coefficient (Wildman–Crippen LogP) is 3.33. The van der Waals surface area contributed by atoms with Gasteiger partial charge in [-0.1, -0.05) is 12.1 Å². The molecule has 0 fully saturated rings. The number of nitrogens with zero attached hydrogens (tertiary/aromatic N) is 3.